The number of hydrogen-bond acceptors (Lipinski definition) is 3. The maximum absolute atomic E-state index is 14.2. The Kier molecular flexibility index (Phi) is 9.19. The minimum absolute atomic E-state index is 0.0666. The molecule has 2 amide bonds. The van der Waals surface area contributed by atoms with Crippen molar-refractivity contribution in [1.29, 1.82) is 0 Å². The molecule has 0 radical (unpaired) electrons. The number of nitrogens with zero attached hydrogens (tertiary/aromatic N) is 1. The van der Waals surface area contributed by atoms with Gasteiger partial charge in [0.1, 0.15) is 11.9 Å². The van der Waals surface area contributed by atoms with E-state index in [1.807, 2.05) is 38.1 Å². The molecule has 0 saturated heterocycles. The van der Waals surface area contributed by atoms with Crippen molar-refractivity contribution in [3.05, 3.63) is 71.0 Å². The van der Waals surface area contributed by atoms with Gasteiger partial charge in [-0.25, -0.2) is 4.39 Å². The third-order valence-electron chi connectivity index (χ3n) is 4.76. The predicted molar refractivity (Wildman–Crippen MR) is 117 cm³/mol. The minimum atomic E-state index is -0.673. The first kappa shape index (κ1) is 22.9. The lowest BCUT2D eigenvalue weighted by molar-refractivity contribution is -0.138. The number of aryl methyl sites for hydroxylation is 1. The lowest BCUT2D eigenvalue weighted by Gasteiger charge is -2.29. The minimum Gasteiger partial charge on any atom is -0.354 e. The molecule has 0 aliphatic carbocycles. The molecule has 0 fully saturated rings. The van der Waals surface area contributed by atoms with E-state index in [1.54, 1.807) is 25.1 Å². The summed E-state index contributed by atoms with van der Waals surface area (Å²) in [6.45, 7) is 6.32. The van der Waals surface area contributed by atoms with E-state index in [1.165, 1.54) is 33.9 Å². The van der Waals surface area contributed by atoms with Crippen LogP contribution >= 0.6 is 11.8 Å². The SMILES string of the molecule is CCCNC(=O)[C@H](C)N(Cc1ccccc1F)C(=O)CSCc1ccccc1C. The number of nitrogens with one attached hydrogen (secondary N) is 1. The summed E-state index contributed by atoms with van der Waals surface area (Å²) in [5, 5.41) is 2.82. The molecule has 1 atom stereocenters. The summed E-state index contributed by atoms with van der Waals surface area (Å²) in [6.07, 6.45) is 0.812. The zero-order valence-corrected chi connectivity index (χ0v) is 18.1. The first-order valence-corrected chi connectivity index (χ1v) is 11.0. The molecule has 156 valence electrons. The van der Waals surface area contributed by atoms with Gasteiger partial charge in [-0.05, 0) is 37.5 Å². The van der Waals surface area contributed by atoms with Gasteiger partial charge in [-0.2, -0.15) is 0 Å². The van der Waals surface area contributed by atoms with Gasteiger partial charge < -0.3 is 10.2 Å². The van der Waals surface area contributed by atoms with Gasteiger partial charge in [0.25, 0.3) is 0 Å². The summed E-state index contributed by atoms with van der Waals surface area (Å²) >= 11 is 1.50. The van der Waals surface area contributed by atoms with Crippen LogP contribution in [0, 0.1) is 12.7 Å². The average molecular weight is 417 g/mol. The van der Waals surface area contributed by atoms with Crippen LogP contribution in [0.3, 0.4) is 0 Å². The molecule has 6 heteroatoms. The molecule has 2 rings (SSSR count). The van der Waals surface area contributed by atoms with Crippen LogP contribution in [-0.2, 0) is 21.9 Å². The fraction of sp³-hybridized carbons (Fsp3) is 0.391. The van der Waals surface area contributed by atoms with E-state index in [0.717, 1.165) is 6.42 Å². The Bertz CT molecular complexity index is 828. The molecule has 0 aliphatic heterocycles. The van der Waals surface area contributed by atoms with Gasteiger partial charge in [0.2, 0.25) is 11.8 Å². The first-order chi connectivity index (χ1) is 13.9. The molecule has 0 aromatic heterocycles. The van der Waals surface area contributed by atoms with E-state index in [-0.39, 0.29) is 29.9 Å². The van der Waals surface area contributed by atoms with Crippen LogP contribution in [0.5, 0.6) is 0 Å². The van der Waals surface area contributed by atoms with Crippen molar-refractivity contribution >= 4 is 23.6 Å². The third kappa shape index (κ3) is 6.89. The van der Waals surface area contributed by atoms with Crippen LogP contribution < -0.4 is 5.32 Å². The number of hydrogen-bond donors (Lipinski definition) is 1. The molecule has 0 heterocycles. The third-order valence-corrected chi connectivity index (χ3v) is 5.73. The smallest absolute Gasteiger partial charge is 0.242 e. The van der Waals surface area contributed by atoms with Gasteiger partial charge >= 0.3 is 0 Å². The van der Waals surface area contributed by atoms with E-state index in [0.29, 0.717) is 17.9 Å². The summed E-state index contributed by atoms with van der Waals surface area (Å²) in [5.74, 6) is 0.168. The van der Waals surface area contributed by atoms with Gasteiger partial charge in [0, 0.05) is 24.4 Å². The molecular weight excluding hydrogens is 387 g/mol. The number of amides is 2. The molecule has 2 aromatic rings. The van der Waals surface area contributed by atoms with Crippen LogP contribution in [0.4, 0.5) is 4.39 Å². The zero-order chi connectivity index (χ0) is 21.2. The lowest BCUT2D eigenvalue weighted by atomic mass is 10.1. The van der Waals surface area contributed by atoms with Gasteiger partial charge in [-0.1, -0.05) is 49.4 Å². The van der Waals surface area contributed by atoms with Crippen molar-refractivity contribution in [3.63, 3.8) is 0 Å². The highest BCUT2D eigenvalue weighted by molar-refractivity contribution is 7.99. The van der Waals surface area contributed by atoms with Crippen LogP contribution in [0.2, 0.25) is 0 Å². The van der Waals surface area contributed by atoms with E-state index in [2.05, 4.69) is 5.32 Å². The van der Waals surface area contributed by atoms with Crippen molar-refractivity contribution in [2.24, 2.45) is 0 Å². The number of carbonyl (C=O) groups excluding carboxylic acids is 2. The highest BCUT2D eigenvalue weighted by Crippen LogP contribution is 2.19. The number of halogens is 1. The van der Waals surface area contributed by atoms with E-state index in [4.69, 9.17) is 0 Å². The molecule has 29 heavy (non-hydrogen) atoms. The summed E-state index contributed by atoms with van der Waals surface area (Å²) in [4.78, 5) is 26.9. The second-order valence-corrected chi connectivity index (χ2v) is 7.98. The van der Waals surface area contributed by atoms with Gasteiger partial charge in [-0.15, -0.1) is 11.8 Å². The van der Waals surface area contributed by atoms with Crippen molar-refractivity contribution in [1.82, 2.24) is 10.2 Å². The van der Waals surface area contributed by atoms with Crippen LogP contribution in [-0.4, -0.2) is 35.1 Å². The molecule has 0 aliphatic rings. The summed E-state index contributed by atoms with van der Waals surface area (Å²) in [5.41, 5.74) is 2.77. The highest BCUT2D eigenvalue weighted by atomic mass is 32.2. The molecular formula is C23H29FN2O2S. The van der Waals surface area contributed by atoms with Gasteiger partial charge in [0.05, 0.1) is 5.75 Å². The summed E-state index contributed by atoms with van der Waals surface area (Å²) in [7, 11) is 0. The average Bonchev–Trinajstić information content (AvgIpc) is 2.72. The zero-order valence-electron chi connectivity index (χ0n) is 17.3. The Labute approximate surface area is 176 Å². The number of thioether (sulfide) groups is 1. The van der Waals surface area contributed by atoms with Gasteiger partial charge in [0.15, 0.2) is 0 Å². The van der Waals surface area contributed by atoms with E-state index < -0.39 is 6.04 Å². The second-order valence-electron chi connectivity index (χ2n) is 7.00. The highest BCUT2D eigenvalue weighted by Gasteiger charge is 2.26. The molecule has 1 N–H and O–H groups in total. The maximum atomic E-state index is 14.2. The summed E-state index contributed by atoms with van der Waals surface area (Å²) in [6, 6.07) is 13.7. The fourth-order valence-electron chi connectivity index (χ4n) is 2.89. The Balaban J connectivity index is 2.08. The fourth-order valence-corrected chi connectivity index (χ4v) is 3.88. The monoisotopic (exact) mass is 416 g/mol. The molecule has 4 nitrogen and oxygen atoms in total. The number of rotatable bonds is 10. The largest absolute Gasteiger partial charge is 0.354 e. The maximum Gasteiger partial charge on any atom is 0.242 e. The van der Waals surface area contributed by atoms with Crippen molar-refractivity contribution < 1.29 is 14.0 Å². The Morgan fingerprint density at radius 2 is 1.76 bits per heavy atom. The standard InChI is InChI=1S/C23H29FN2O2S/c1-4-13-25-23(28)18(3)26(14-19-10-7-8-12-21(19)24)22(27)16-29-15-20-11-6-5-9-17(20)2/h5-12,18H,4,13-16H2,1-3H3,(H,25,28)/t18-/m0/s1. The van der Waals surface area contributed by atoms with Crippen molar-refractivity contribution in [3.8, 4) is 0 Å². The first-order valence-electron chi connectivity index (χ1n) is 9.86. The molecule has 0 spiro atoms. The number of benzene rings is 2. The molecule has 2 aromatic carbocycles. The Morgan fingerprint density at radius 3 is 2.41 bits per heavy atom. The van der Waals surface area contributed by atoms with Crippen molar-refractivity contribution in [2.75, 3.05) is 12.3 Å². The van der Waals surface area contributed by atoms with E-state index >= 15 is 0 Å². The summed E-state index contributed by atoms with van der Waals surface area (Å²) < 4.78 is 14.2. The van der Waals surface area contributed by atoms with Gasteiger partial charge in [-0.3, -0.25) is 9.59 Å². The quantitative estimate of drug-likeness (QED) is 0.628. The molecule has 0 unspecified atom stereocenters. The molecule has 0 bridgehead atoms. The van der Waals surface area contributed by atoms with Crippen LogP contribution in [0.25, 0.3) is 0 Å². The molecule has 0 saturated carbocycles. The second kappa shape index (κ2) is 11.6. The number of carbonyl (C=O) groups is 2. The van der Waals surface area contributed by atoms with Crippen LogP contribution in [0.15, 0.2) is 48.5 Å². The topological polar surface area (TPSA) is 49.4 Å². The Morgan fingerprint density at radius 1 is 1.10 bits per heavy atom. The Hall–Kier alpha value is -2.34. The predicted octanol–water partition coefficient (Wildman–Crippen LogP) is 4.31. The lowest BCUT2D eigenvalue weighted by Crippen LogP contribution is -2.48. The van der Waals surface area contributed by atoms with Crippen LogP contribution in [0.1, 0.15) is 37.0 Å². The van der Waals surface area contributed by atoms with E-state index in [9.17, 15) is 14.0 Å². The van der Waals surface area contributed by atoms with Crippen molar-refractivity contribution in [2.45, 2.75) is 45.5 Å². The normalized spacial score (nSPS) is 11.7.